The van der Waals surface area contributed by atoms with Gasteiger partial charge in [0.1, 0.15) is 13.2 Å². The Kier molecular flexibility index (Phi) is 56.8. The number of ether oxygens (including phenoxy) is 3. The summed E-state index contributed by atoms with van der Waals surface area (Å²) >= 11 is 0. The van der Waals surface area contributed by atoms with Crippen molar-refractivity contribution in [2.45, 2.75) is 290 Å². The maximum absolute atomic E-state index is 12.8. The van der Waals surface area contributed by atoms with E-state index in [1.807, 2.05) is 6.08 Å². The fourth-order valence-electron chi connectivity index (χ4n) is 8.32. The van der Waals surface area contributed by atoms with Gasteiger partial charge in [-0.15, -0.1) is 0 Å². The van der Waals surface area contributed by atoms with Crippen LogP contribution in [0.15, 0.2) is 97.2 Å². The molecule has 72 heavy (non-hydrogen) atoms. The third kappa shape index (κ3) is 57.2. The number of rotatable bonds is 54. The van der Waals surface area contributed by atoms with Crippen molar-refractivity contribution in [2.75, 3.05) is 13.2 Å². The van der Waals surface area contributed by atoms with E-state index in [-0.39, 0.29) is 31.6 Å². The van der Waals surface area contributed by atoms with Gasteiger partial charge in [-0.2, -0.15) is 0 Å². The second kappa shape index (κ2) is 59.9. The summed E-state index contributed by atoms with van der Waals surface area (Å²) in [6.07, 6.45) is 80.3. The predicted octanol–water partition coefficient (Wildman–Crippen LogP) is 20.5. The monoisotopic (exact) mass is 1000 g/mol. The van der Waals surface area contributed by atoms with E-state index in [0.717, 1.165) is 96.3 Å². The maximum Gasteiger partial charge on any atom is 0.310 e. The van der Waals surface area contributed by atoms with Crippen molar-refractivity contribution in [3.63, 3.8) is 0 Å². The van der Waals surface area contributed by atoms with E-state index in [2.05, 4.69) is 106 Å². The number of unbranched alkanes of at least 4 members (excludes halogenated alkanes) is 28. The third-order valence-corrected chi connectivity index (χ3v) is 12.8. The average Bonchev–Trinajstić information content (AvgIpc) is 3.38. The summed E-state index contributed by atoms with van der Waals surface area (Å²) < 4.78 is 16.7. The Balaban J connectivity index is 4.21. The molecular formula is C66H112O6. The highest BCUT2D eigenvalue weighted by atomic mass is 16.6. The lowest BCUT2D eigenvalue weighted by atomic mass is 10.0. The van der Waals surface area contributed by atoms with Crippen molar-refractivity contribution in [3.8, 4) is 0 Å². The van der Waals surface area contributed by atoms with Gasteiger partial charge >= 0.3 is 17.9 Å². The lowest BCUT2D eigenvalue weighted by Gasteiger charge is -2.18. The molecule has 6 nitrogen and oxygen atoms in total. The molecule has 0 aliphatic heterocycles. The molecule has 0 N–H and O–H groups in total. The Morgan fingerprint density at radius 3 is 0.986 bits per heavy atom. The fourth-order valence-corrected chi connectivity index (χ4v) is 8.32. The quantitative estimate of drug-likeness (QED) is 0.0261. The third-order valence-electron chi connectivity index (χ3n) is 12.8. The topological polar surface area (TPSA) is 78.9 Å². The molecule has 0 aromatic rings. The molecule has 0 saturated carbocycles. The molecule has 0 fully saturated rings. The summed E-state index contributed by atoms with van der Waals surface area (Å²) in [5, 5.41) is 0. The molecule has 0 aliphatic rings. The normalized spacial score (nSPS) is 12.8. The molecule has 0 saturated heterocycles. The van der Waals surface area contributed by atoms with Crippen LogP contribution < -0.4 is 0 Å². The zero-order chi connectivity index (χ0) is 52.2. The average molecular weight is 1000 g/mol. The Morgan fingerprint density at radius 1 is 0.306 bits per heavy atom. The highest BCUT2D eigenvalue weighted by Gasteiger charge is 2.19. The van der Waals surface area contributed by atoms with Crippen LogP contribution >= 0.6 is 0 Å². The summed E-state index contributed by atoms with van der Waals surface area (Å²) in [7, 11) is 0. The lowest BCUT2D eigenvalue weighted by Crippen LogP contribution is -2.30. The highest BCUT2D eigenvalue weighted by molar-refractivity contribution is 5.72. The number of esters is 3. The molecule has 0 aliphatic carbocycles. The van der Waals surface area contributed by atoms with Crippen LogP contribution in [0.2, 0.25) is 0 Å². The van der Waals surface area contributed by atoms with Crippen molar-refractivity contribution >= 4 is 17.9 Å². The minimum atomic E-state index is -0.834. The molecule has 0 rings (SSSR count). The van der Waals surface area contributed by atoms with E-state index in [0.29, 0.717) is 12.8 Å². The van der Waals surface area contributed by atoms with E-state index < -0.39 is 12.1 Å². The SMILES string of the molecule is CC/C=C\C/C=C\C/C=C\C/C=C\C/C=C\CC(=O)OC(COC(=O)CCCCCCC/C=C\CCC)COC(=O)CCCCCCCCCCCCCCCCCCC/C=C\C/C=C\CCCCCCC. The fraction of sp³-hybridized carbons (Fsp3) is 0.712. The molecule has 0 aromatic carbocycles. The van der Waals surface area contributed by atoms with Crippen molar-refractivity contribution in [1.82, 2.24) is 0 Å². The van der Waals surface area contributed by atoms with Gasteiger partial charge in [-0.25, -0.2) is 0 Å². The second-order valence-corrected chi connectivity index (χ2v) is 19.9. The van der Waals surface area contributed by atoms with Gasteiger partial charge in [-0.05, 0) is 96.3 Å². The minimum Gasteiger partial charge on any atom is -0.462 e. The standard InChI is InChI=1S/C66H112O6/c1-4-7-10-13-16-19-22-24-26-27-28-29-30-31-32-33-34-35-36-37-38-39-41-42-44-47-50-53-56-59-65(68)71-62-63(61-70-64(67)58-55-52-49-46-21-18-15-12-9-6-3)72-66(69)60-57-54-51-48-45-43-40-25-23-20-17-14-11-8-5-2/h8,11-12,15,17,20,22,24-25,27-28,40,45,48,54,57,63H,4-7,9-10,13-14,16,18-19,21,23,26,29-39,41-44,46-47,49-53,55-56,58-62H2,1-3H3/b11-8-,15-12-,20-17-,24-22-,28-27-,40-25-,48-45-,57-54-. The molecule has 0 amide bonds. The summed E-state index contributed by atoms with van der Waals surface area (Å²) in [6.45, 7) is 6.37. The molecule has 1 atom stereocenters. The largest absolute Gasteiger partial charge is 0.462 e. The molecule has 1 unspecified atom stereocenters. The Labute approximate surface area is 445 Å². The van der Waals surface area contributed by atoms with E-state index in [1.165, 1.54) is 148 Å². The van der Waals surface area contributed by atoms with Crippen LogP contribution in [0, 0.1) is 0 Å². The molecule has 6 heteroatoms. The predicted molar refractivity (Wildman–Crippen MR) is 311 cm³/mol. The molecule has 0 heterocycles. The molecule has 412 valence electrons. The van der Waals surface area contributed by atoms with Crippen LogP contribution in [0.5, 0.6) is 0 Å². The van der Waals surface area contributed by atoms with Gasteiger partial charge in [-0.3, -0.25) is 14.4 Å². The Hall–Kier alpha value is -3.67. The summed E-state index contributed by atoms with van der Waals surface area (Å²) in [5.74, 6) is -1.06. The Morgan fingerprint density at radius 2 is 0.611 bits per heavy atom. The van der Waals surface area contributed by atoms with Crippen LogP contribution in [0.1, 0.15) is 284 Å². The maximum atomic E-state index is 12.8. The van der Waals surface area contributed by atoms with Crippen LogP contribution in [0.25, 0.3) is 0 Å². The van der Waals surface area contributed by atoms with Crippen LogP contribution in [-0.4, -0.2) is 37.2 Å². The first-order valence-corrected chi connectivity index (χ1v) is 30.2. The number of hydrogen-bond acceptors (Lipinski definition) is 6. The van der Waals surface area contributed by atoms with E-state index in [1.54, 1.807) is 6.08 Å². The first kappa shape index (κ1) is 68.3. The van der Waals surface area contributed by atoms with Gasteiger partial charge < -0.3 is 14.2 Å². The van der Waals surface area contributed by atoms with Crippen LogP contribution in [0.4, 0.5) is 0 Å². The van der Waals surface area contributed by atoms with E-state index >= 15 is 0 Å². The van der Waals surface area contributed by atoms with Crippen molar-refractivity contribution in [1.29, 1.82) is 0 Å². The molecule has 0 bridgehead atoms. The van der Waals surface area contributed by atoms with Gasteiger partial charge in [0.15, 0.2) is 6.10 Å². The van der Waals surface area contributed by atoms with Gasteiger partial charge in [0.25, 0.3) is 0 Å². The van der Waals surface area contributed by atoms with E-state index in [4.69, 9.17) is 14.2 Å². The lowest BCUT2D eigenvalue weighted by molar-refractivity contribution is -0.166. The number of hydrogen-bond donors (Lipinski definition) is 0. The summed E-state index contributed by atoms with van der Waals surface area (Å²) in [5.41, 5.74) is 0. The minimum absolute atomic E-state index is 0.0948. The first-order valence-electron chi connectivity index (χ1n) is 30.2. The highest BCUT2D eigenvalue weighted by Crippen LogP contribution is 2.16. The van der Waals surface area contributed by atoms with Gasteiger partial charge in [0, 0.05) is 12.8 Å². The summed E-state index contributed by atoms with van der Waals surface area (Å²) in [6, 6.07) is 0. The van der Waals surface area contributed by atoms with Crippen molar-refractivity contribution < 1.29 is 28.6 Å². The zero-order valence-corrected chi connectivity index (χ0v) is 47.2. The van der Waals surface area contributed by atoms with Crippen LogP contribution in [0.3, 0.4) is 0 Å². The van der Waals surface area contributed by atoms with Crippen LogP contribution in [-0.2, 0) is 28.6 Å². The van der Waals surface area contributed by atoms with Gasteiger partial charge in [0.2, 0.25) is 0 Å². The van der Waals surface area contributed by atoms with E-state index in [9.17, 15) is 14.4 Å². The Bertz CT molecular complexity index is 1430. The number of allylic oxidation sites excluding steroid dienone is 15. The second-order valence-electron chi connectivity index (χ2n) is 19.9. The smallest absolute Gasteiger partial charge is 0.310 e. The molecular weight excluding hydrogens is 889 g/mol. The number of carbonyl (C=O) groups excluding carboxylic acids is 3. The molecule has 0 spiro atoms. The van der Waals surface area contributed by atoms with Gasteiger partial charge in [-0.1, -0.05) is 266 Å². The number of carbonyl (C=O) groups is 3. The van der Waals surface area contributed by atoms with Crippen molar-refractivity contribution in [3.05, 3.63) is 97.2 Å². The molecule has 0 aromatic heterocycles. The molecule has 0 radical (unpaired) electrons. The zero-order valence-electron chi connectivity index (χ0n) is 47.2. The summed E-state index contributed by atoms with van der Waals surface area (Å²) in [4.78, 5) is 38.0. The van der Waals surface area contributed by atoms with Gasteiger partial charge in [0.05, 0.1) is 6.42 Å². The van der Waals surface area contributed by atoms with Crippen molar-refractivity contribution in [2.24, 2.45) is 0 Å². The first-order chi connectivity index (χ1) is 35.5.